The molecule has 0 aromatic heterocycles. The van der Waals surface area contributed by atoms with E-state index >= 15 is 0 Å². The van der Waals surface area contributed by atoms with Crippen molar-refractivity contribution in [3.8, 4) is 23.7 Å². The molecule has 0 atom stereocenters. The number of hydrogen-bond donors (Lipinski definition) is 0. The molecule has 2 aromatic rings. The Labute approximate surface area is 203 Å². The summed E-state index contributed by atoms with van der Waals surface area (Å²) in [5.74, 6) is 13.2. The summed E-state index contributed by atoms with van der Waals surface area (Å²) in [6, 6.07) is 12.1. The first-order chi connectivity index (χ1) is 15.7. The average molecular weight is 453 g/mol. The Balaban J connectivity index is 1.81. The van der Waals surface area contributed by atoms with Gasteiger partial charge in [-0.15, -0.1) is 20.5 Å². The molecule has 34 heavy (non-hydrogen) atoms. The van der Waals surface area contributed by atoms with Gasteiger partial charge in [0, 0.05) is 27.7 Å². The van der Waals surface area contributed by atoms with E-state index in [1.807, 2.05) is 104 Å². The molecule has 4 rings (SSSR count). The van der Waals surface area contributed by atoms with E-state index in [0.717, 1.165) is 43.2 Å². The van der Waals surface area contributed by atoms with Crippen molar-refractivity contribution in [2.75, 3.05) is 0 Å². The molecule has 0 unspecified atom stereocenters. The fraction of sp³-hybridized carbons (Fsp3) is 0.400. The van der Waals surface area contributed by atoms with Crippen molar-refractivity contribution in [2.45, 2.75) is 77.5 Å². The van der Waals surface area contributed by atoms with E-state index in [0.29, 0.717) is 0 Å². The first kappa shape index (κ1) is 24.3. The Morgan fingerprint density at radius 3 is 1.29 bits per heavy atom. The minimum absolute atomic E-state index is 0.589. The lowest BCUT2D eigenvalue weighted by Crippen LogP contribution is -2.46. The van der Waals surface area contributed by atoms with Gasteiger partial charge in [0.1, 0.15) is 0 Å². The van der Waals surface area contributed by atoms with E-state index in [4.69, 9.17) is 0 Å². The van der Waals surface area contributed by atoms with Crippen LogP contribution in [0.1, 0.15) is 66.5 Å². The van der Waals surface area contributed by atoms with E-state index < -0.39 is 22.2 Å². The van der Waals surface area contributed by atoms with Crippen LogP contribution in [0, 0.1) is 23.7 Å². The molecule has 4 nitrogen and oxygen atoms in total. The number of rotatable bonds is 0. The van der Waals surface area contributed by atoms with E-state index in [9.17, 15) is 10.4 Å². The van der Waals surface area contributed by atoms with Crippen molar-refractivity contribution in [2.24, 2.45) is 0 Å². The fourth-order valence-corrected chi connectivity index (χ4v) is 5.03. The van der Waals surface area contributed by atoms with E-state index in [-0.39, 0.29) is 0 Å². The van der Waals surface area contributed by atoms with Crippen molar-refractivity contribution < 1.29 is 10.4 Å². The standard InChI is InChI=1S/C30H32N2O2/c1-27(2)19-24(29(5,6)31(27)33)17-15-22-13-9-11-21-12-10-14-23(26(21)22)16-18-25-20-28(3,4)32(34)30(25,7)8/h9-14,19-20H,1-8H3. The van der Waals surface area contributed by atoms with Crippen LogP contribution in [0.15, 0.2) is 59.7 Å². The molecule has 0 aliphatic carbocycles. The predicted octanol–water partition coefficient (Wildman–Crippen LogP) is 5.83. The summed E-state index contributed by atoms with van der Waals surface area (Å²) in [6.07, 6.45) is 3.92. The van der Waals surface area contributed by atoms with Crippen LogP contribution in [0.4, 0.5) is 0 Å². The van der Waals surface area contributed by atoms with Crippen molar-refractivity contribution in [3.05, 3.63) is 70.8 Å². The second kappa shape index (κ2) is 7.84. The molecule has 0 saturated heterocycles. The largest absolute Gasteiger partial charge is 0.135 e. The van der Waals surface area contributed by atoms with Crippen LogP contribution in [0.3, 0.4) is 0 Å². The van der Waals surface area contributed by atoms with Gasteiger partial charge in [0.05, 0.1) is 22.2 Å². The Hall–Kier alpha value is -2.86. The molecule has 0 fully saturated rings. The second-order valence-corrected chi connectivity index (χ2v) is 11.3. The number of nitrogens with zero attached hydrogens (tertiary/aromatic N) is 2. The Morgan fingerprint density at radius 1 is 0.588 bits per heavy atom. The van der Waals surface area contributed by atoms with Crippen molar-refractivity contribution >= 4 is 10.8 Å². The third kappa shape index (κ3) is 3.88. The SMILES string of the molecule is CC1(C)C=C(C#Cc2cccc3cccc(C#CC4=CC(C)(C)N([O])C4(C)C)c23)C(C)(C)N1[O]. The molecule has 174 valence electrons. The minimum atomic E-state index is -0.679. The maximum atomic E-state index is 12.7. The van der Waals surface area contributed by atoms with E-state index in [1.165, 1.54) is 0 Å². The van der Waals surface area contributed by atoms with Crippen molar-refractivity contribution in [3.63, 3.8) is 0 Å². The minimum Gasteiger partial charge on any atom is -0.135 e. The fourth-order valence-electron chi connectivity index (χ4n) is 5.03. The number of hydrogen-bond acceptors (Lipinski definition) is 2. The average Bonchev–Trinajstić information content (AvgIpc) is 3.02. The van der Waals surface area contributed by atoms with Crippen molar-refractivity contribution in [1.29, 1.82) is 0 Å². The van der Waals surface area contributed by atoms with Crippen molar-refractivity contribution in [1.82, 2.24) is 10.1 Å². The summed E-state index contributed by atoms with van der Waals surface area (Å²) in [5.41, 5.74) is 0.843. The number of hydroxylamine groups is 4. The van der Waals surface area contributed by atoms with Crippen LogP contribution in [0.25, 0.3) is 10.8 Å². The van der Waals surface area contributed by atoms with Gasteiger partial charge in [0.25, 0.3) is 0 Å². The van der Waals surface area contributed by atoms with Crippen LogP contribution >= 0.6 is 0 Å². The highest BCUT2D eigenvalue weighted by atomic mass is 16.5. The molecule has 2 aliphatic heterocycles. The topological polar surface area (TPSA) is 46.3 Å². The van der Waals surface area contributed by atoms with Gasteiger partial charge in [-0.25, -0.2) is 0 Å². The maximum absolute atomic E-state index is 12.7. The van der Waals surface area contributed by atoms with Gasteiger partial charge in [-0.2, -0.15) is 0 Å². The zero-order valence-electron chi connectivity index (χ0n) is 21.3. The van der Waals surface area contributed by atoms with E-state index in [1.54, 1.807) is 0 Å². The lowest BCUT2D eigenvalue weighted by Gasteiger charge is -2.32. The Morgan fingerprint density at radius 2 is 0.971 bits per heavy atom. The van der Waals surface area contributed by atoms with Gasteiger partial charge in [-0.3, -0.25) is 0 Å². The highest BCUT2D eigenvalue weighted by Crippen LogP contribution is 2.39. The highest BCUT2D eigenvalue weighted by Gasteiger charge is 2.46. The zero-order chi connectivity index (χ0) is 25.1. The smallest absolute Gasteiger partial charge is 0.0771 e. The Kier molecular flexibility index (Phi) is 5.60. The molecule has 4 heteroatoms. The zero-order valence-corrected chi connectivity index (χ0v) is 21.3. The molecule has 2 aliphatic rings. The molecule has 2 heterocycles. The summed E-state index contributed by atoms with van der Waals surface area (Å²) in [7, 11) is 0. The van der Waals surface area contributed by atoms with Gasteiger partial charge in [0.2, 0.25) is 0 Å². The summed E-state index contributed by atoms with van der Waals surface area (Å²) < 4.78 is 0. The molecule has 2 aromatic carbocycles. The summed E-state index contributed by atoms with van der Waals surface area (Å²) in [6.45, 7) is 15.3. The molecule has 0 saturated carbocycles. The van der Waals surface area contributed by atoms with E-state index in [2.05, 4.69) is 23.7 Å². The summed E-state index contributed by atoms with van der Waals surface area (Å²) in [4.78, 5) is 0. The molecule has 2 radical (unpaired) electrons. The van der Waals surface area contributed by atoms with Crippen LogP contribution < -0.4 is 0 Å². The third-order valence-electron chi connectivity index (χ3n) is 6.94. The van der Waals surface area contributed by atoms with Gasteiger partial charge in [-0.05, 0) is 85.1 Å². The van der Waals surface area contributed by atoms with Gasteiger partial charge < -0.3 is 0 Å². The number of benzene rings is 2. The first-order valence-corrected chi connectivity index (χ1v) is 11.7. The van der Waals surface area contributed by atoms with Crippen LogP contribution in [-0.2, 0) is 10.4 Å². The highest BCUT2D eigenvalue weighted by molar-refractivity contribution is 5.93. The monoisotopic (exact) mass is 452 g/mol. The third-order valence-corrected chi connectivity index (χ3v) is 6.94. The molecular formula is C30H32N2O2. The molecule has 0 N–H and O–H groups in total. The number of fused-ring (bicyclic) bond motifs is 1. The quantitative estimate of drug-likeness (QED) is 0.472. The lowest BCUT2D eigenvalue weighted by atomic mass is 9.94. The molecule has 0 amide bonds. The van der Waals surface area contributed by atoms with Crippen LogP contribution in [0.2, 0.25) is 0 Å². The maximum Gasteiger partial charge on any atom is 0.0771 e. The lowest BCUT2D eigenvalue weighted by molar-refractivity contribution is -0.237. The first-order valence-electron chi connectivity index (χ1n) is 11.7. The molecule has 0 bridgehead atoms. The molecule has 0 spiro atoms. The van der Waals surface area contributed by atoms with Crippen LogP contribution in [0.5, 0.6) is 0 Å². The van der Waals surface area contributed by atoms with Gasteiger partial charge >= 0.3 is 0 Å². The Bertz CT molecular complexity index is 1250. The normalized spacial score (nSPS) is 22.4. The predicted molar refractivity (Wildman–Crippen MR) is 135 cm³/mol. The summed E-state index contributed by atoms with van der Waals surface area (Å²) in [5, 5.41) is 29.7. The second-order valence-electron chi connectivity index (χ2n) is 11.3. The van der Waals surface area contributed by atoms with Gasteiger partial charge in [0.15, 0.2) is 0 Å². The van der Waals surface area contributed by atoms with Gasteiger partial charge in [-0.1, -0.05) is 47.9 Å². The van der Waals surface area contributed by atoms with Crippen LogP contribution in [-0.4, -0.2) is 32.3 Å². The summed E-state index contributed by atoms with van der Waals surface area (Å²) >= 11 is 0. The molecular weight excluding hydrogens is 420 g/mol.